The number of aromatic nitrogens is 2. The van der Waals surface area contributed by atoms with Crippen LogP contribution < -0.4 is 10.2 Å². The molecule has 0 unspecified atom stereocenters. The maximum atomic E-state index is 4.10. The molecule has 1 N–H and O–H groups in total. The second-order valence-electron chi connectivity index (χ2n) is 3.64. The molecular weight excluding hydrogens is 200 g/mol. The van der Waals surface area contributed by atoms with Crippen LogP contribution in [0.3, 0.4) is 0 Å². The third-order valence-electron chi connectivity index (χ3n) is 2.21. The van der Waals surface area contributed by atoms with Crippen LogP contribution in [0.1, 0.15) is 0 Å². The lowest BCUT2D eigenvalue weighted by molar-refractivity contribution is 1.13. The molecule has 1 aromatic heterocycles. The van der Waals surface area contributed by atoms with E-state index in [9.17, 15) is 0 Å². The fourth-order valence-electron chi connectivity index (χ4n) is 1.34. The van der Waals surface area contributed by atoms with Gasteiger partial charge in [0, 0.05) is 37.9 Å². The Kier molecular flexibility index (Phi) is 3.00. The van der Waals surface area contributed by atoms with Gasteiger partial charge in [0.25, 0.3) is 0 Å². The van der Waals surface area contributed by atoms with Gasteiger partial charge < -0.3 is 10.2 Å². The predicted molar refractivity (Wildman–Crippen MR) is 66.1 cm³/mol. The van der Waals surface area contributed by atoms with Crippen molar-refractivity contribution in [3.05, 3.63) is 42.7 Å². The summed E-state index contributed by atoms with van der Waals surface area (Å²) in [6.07, 6.45) is 3.42. The van der Waals surface area contributed by atoms with Crippen molar-refractivity contribution in [3.63, 3.8) is 0 Å². The number of rotatable bonds is 3. The molecule has 1 heterocycles. The quantitative estimate of drug-likeness (QED) is 0.851. The topological polar surface area (TPSA) is 41.0 Å². The lowest BCUT2D eigenvalue weighted by Crippen LogP contribution is -2.08. The number of nitrogens with one attached hydrogen (secondary N) is 1. The molecule has 2 rings (SSSR count). The van der Waals surface area contributed by atoms with Crippen LogP contribution in [0, 0.1) is 0 Å². The molecule has 0 aliphatic rings. The highest BCUT2D eigenvalue weighted by molar-refractivity contribution is 5.58. The van der Waals surface area contributed by atoms with Crippen molar-refractivity contribution < 1.29 is 0 Å². The first-order valence-electron chi connectivity index (χ1n) is 5.07. The summed E-state index contributed by atoms with van der Waals surface area (Å²) in [6, 6.07) is 9.90. The summed E-state index contributed by atoms with van der Waals surface area (Å²) in [6.45, 7) is 0. The van der Waals surface area contributed by atoms with Crippen LogP contribution in [0.5, 0.6) is 0 Å². The molecule has 0 aliphatic heterocycles. The molecule has 2 aromatic rings. The number of hydrogen-bond donors (Lipinski definition) is 1. The van der Waals surface area contributed by atoms with E-state index in [1.54, 1.807) is 18.5 Å². The lowest BCUT2D eigenvalue weighted by Gasteiger charge is -2.12. The minimum atomic E-state index is 0.611. The summed E-state index contributed by atoms with van der Waals surface area (Å²) in [5, 5.41) is 3.13. The first kappa shape index (κ1) is 10.4. The Morgan fingerprint density at radius 3 is 2.19 bits per heavy atom. The molecule has 0 aliphatic carbocycles. The van der Waals surface area contributed by atoms with Crippen molar-refractivity contribution >= 4 is 17.3 Å². The average molecular weight is 214 g/mol. The van der Waals surface area contributed by atoms with Crippen molar-refractivity contribution in [3.8, 4) is 0 Å². The van der Waals surface area contributed by atoms with E-state index in [2.05, 4.69) is 20.2 Å². The van der Waals surface area contributed by atoms with E-state index in [0.717, 1.165) is 5.69 Å². The normalized spacial score (nSPS) is 9.88. The zero-order valence-electron chi connectivity index (χ0n) is 9.38. The highest BCUT2D eigenvalue weighted by Crippen LogP contribution is 2.17. The van der Waals surface area contributed by atoms with Crippen LogP contribution in [-0.4, -0.2) is 24.1 Å². The van der Waals surface area contributed by atoms with Crippen LogP contribution in [0.4, 0.5) is 17.3 Å². The minimum Gasteiger partial charge on any atom is -0.378 e. The van der Waals surface area contributed by atoms with Gasteiger partial charge in [-0.05, 0) is 30.3 Å². The summed E-state index contributed by atoms with van der Waals surface area (Å²) >= 11 is 0. The minimum absolute atomic E-state index is 0.611. The number of hydrogen-bond acceptors (Lipinski definition) is 4. The van der Waals surface area contributed by atoms with E-state index < -0.39 is 0 Å². The molecule has 0 saturated heterocycles. The summed E-state index contributed by atoms with van der Waals surface area (Å²) in [5.74, 6) is 0.611. The van der Waals surface area contributed by atoms with Gasteiger partial charge in [-0.15, -0.1) is 0 Å². The van der Waals surface area contributed by atoms with Gasteiger partial charge in [-0.2, -0.15) is 0 Å². The molecule has 0 radical (unpaired) electrons. The van der Waals surface area contributed by atoms with Crippen molar-refractivity contribution in [2.75, 3.05) is 24.3 Å². The SMILES string of the molecule is CN(C)c1ccc(Nc2ncccn2)cc1. The van der Waals surface area contributed by atoms with Gasteiger partial charge in [-0.3, -0.25) is 0 Å². The zero-order valence-corrected chi connectivity index (χ0v) is 9.38. The Morgan fingerprint density at radius 2 is 1.62 bits per heavy atom. The third kappa shape index (κ3) is 2.48. The van der Waals surface area contributed by atoms with Crippen LogP contribution in [-0.2, 0) is 0 Å². The van der Waals surface area contributed by atoms with Crippen LogP contribution >= 0.6 is 0 Å². The third-order valence-corrected chi connectivity index (χ3v) is 2.21. The number of benzene rings is 1. The van der Waals surface area contributed by atoms with Gasteiger partial charge >= 0.3 is 0 Å². The summed E-state index contributed by atoms with van der Waals surface area (Å²) in [5.41, 5.74) is 2.15. The van der Waals surface area contributed by atoms with Gasteiger partial charge in [0.05, 0.1) is 0 Å². The molecule has 4 nitrogen and oxygen atoms in total. The smallest absolute Gasteiger partial charge is 0.227 e. The van der Waals surface area contributed by atoms with Gasteiger partial charge in [-0.1, -0.05) is 0 Å². The molecule has 4 heteroatoms. The van der Waals surface area contributed by atoms with E-state index in [4.69, 9.17) is 0 Å². The van der Waals surface area contributed by atoms with Crippen molar-refractivity contribution in [1.29, 1.82) is 0 Å². The van der Waals surface area contributed by atoms with E-state index in [1.807, 2.05) is 38.4 Å². The van der Waals surface area contributed by atoms with Crippen molar-refractivity contribution in [2.24, 2.45) is 0 Å². The van der Waals surface area contributed by atoms with Crippen molar-refractivity contribution in [2.45, 2.75) is 0 Å². The Bertz CT molecular complexity index is 436. The van der Waals surface area contributed by atoms with Gasteiger partial charge in [0.1, 0.15) is 0 Å². The highest BCUT2D eigenvalue weighted by atomic mass is 15.1. The van der Waals surface area contributed by atoms with Crippen molar-refractivity contribution in [1.82, 2.24) is 9.97 Å². The highest BCUT2D eigenvalue weighted by Gasteiger charge is 1.97. The van der Waals surface area contributed by atoms with Gasteiger partial charge in [-0.25, -0.2) is 9.97 Å². The van der Waals surface area contributed by atoms with Crippen LogP contribution in [0.15, 0.2) is 42.7 Å². The van der Waals surface area contributed by atoms with Gasteiger partial charge in [0.15, 0.2) is 0 Å². The van der Waals surface area contributed by atoms with Crippen LogP contribution in [0.25, 0.3) is 0 Å². The molecule has 0 spiro atoms. The Morgan fingerprint density at radius 1 is 1.00 bits per heavy atom. The maximum Gasteiger partial charge on any atom is 0.227 e. The number of anilines is 3. The second-order valence-corrected chi connectivity index (χ2v) is 3.64. The molecule has 1 aromatic carbocycles. The lowest BCUT2D eigenvalue weighted by atomic mass is 10.2. The Labute approximate surface area is 95.0 Å². The maximum absolute atomic E-state index is 4.10. The fraction of sp³-hybridized carbons (Fsp3) is 0.167. The second kappa shape index (κ2) is 4.61. The summed E-state index contributed by atoms with van der Waals surface area (Å²) in [7, 11) is 4.03. The Balaban J connectivity index is 2.11. The predicted octanol–water partition coefficient (Wildman–Crippen LogP) is 2.29. The molecule has 0 atom stereocenters. The standard InChI is InChI=1S/C12H14N4/c1-16(2)11-6-4-10(5-7-11)15-12-13-8-3-9-14-12/h3-9H,1-2H3,(H,13,14,15). The fourth-order valence-corrected chi connectivity index (χ4v) is 1.34. The van der Waals surface area contributed by atoms with E-state index in [1.165, 1.54) is 5.69 Å². The molecule has 0 bridgehead atoms. The van der Waals surface area contributed by atoms with E-state index in [-0.39, 0.29) is 0 Å². The summed E-state index contributed by atoms with van der Waals surface area (Å²) in [4.78, 5) is 10.3. The monoisotopic (exact) mass is 214 g/mol. The molecule has 0 fully saturated rings. The Hall–Kier alpha value is -2.10. The molecule has 82 valence electrons. The molecule has 16 heavy (non-hydrogen) atoms. The molecule has 0 saturated carbocycles. The molecular formula is C12H14N4. The molecule has 0 amide bonds. The van der Waals surface area contributed by atoms with Crippen LogP contribution in [0.2, 0.25) is 0 Å². The first-order valence-corrected chi connectivity index (χ1v) is 5.07. The first-order chi connectivity index (χ1) is 7.75. The van der Waals surface area contributed by atoms with E-state index in [0.29, 0.717) is 5.95 Å². The summed E-state index contributed by atoms with van der Waals surface area (Å²) < 4.78 is 0. The zero-order chi connectivity index (χ0) is 11.4. The number of nitrogens with zero attached hydrogens (tertiary/aromatic N) is 3. The largest absolute Gasteiger partial charge is 0.378 e. The average Bonchev–Trinajstić information content (AvgIpc) is 2.31. The van der Waals surface area contributed by atoms with E-state index >= 15 is 0 Å². The van der Waals surface area contributed by atoms with Gasteiger partial charge in [0.2, 0.25) is 5.95 Å².